The Bertz CT molecular complexity index is 185. The van der Waals surface area contributed by atoms with Crippen molar-refractivity contribution < 1.29 is 26.3 Å². The molecule has 0 aliphatic heterocycles. The normalized spacial score (nSPS) is 21.4. The Balaban J connectivity index is 5.03. The van der Waals surface area contributed by atoms with Gasteiger partial charge < -0.3 is 0 Å². The van der Waals surface area contributed by atoms with Crippen molar-refractivity contribution in [3.8, 4) is 0 Å². The Morgan fingerprint density at radius 1 is 1.00 bits per heavy atom. The van der Waals surface area contributed by atoms with Crippen molar-refractivity contribution in [2.45, 2.75) is 44.2 Å². The van der Waals surface area contributed by atoms with Gasteiger partial charge in [-0.05, 0) is 13.3 Å². The second-order valence-electron chi connectivity index (χ2n) is 3.38. The van der Waals surface area contributed by atoms with Crippen LogP contribution < -0.4 is 0 Å². The van der Waals surface area contributed by atoms with Gasteiger partial charge in [0.05, 0.1) is 0 Å². The van der Waals surface area contributed by atoms with E-state index in [1.807, 2.05) is 0 Å². The van der Waals surface area contributed by atoms with Gasteiger partial charge in [0, 0.05) is 0 Å². The molecule has 0 radical (unpaired) electrons. The summed E-state index contributed by atoms with van der Waals surface area (Å²) >= 11 is 0. The quantitative estimate of drug-likeness (QED) is 0.635. The molecule has 6 heteroatoms. The lowest BCUT2D eigenvalue weighted by Crippen LogP contribution is -2.57. The van der Waals surface area contributed by atoms with E-state index in [0.717, 1.165) is 0 Å². The molecular weight excluding hydrogens is 210 g/mol. The zero-order valence-corrected chi connectivity index (χ0v) is 7.89. The molecule has 0 aromatic heterocycles. The van der Waals surface area contributed by atoms with E-state index >= 15 is 0 Å². The fourth-order valence-corrected chi connectivity index (χ4v) is 1.18. The van der Waals surface area contributed by atoms with Crippen LogP contribution in [0.2, 0.25) is 0 Å². The Kier molecular flexibility index (Phi) is 3.86. The molecule has 2 unspecified atom stereocenters. The molecule has 2 atom stereocenters. The van der Waals surface area contributed by atoms with Crippen LogP contribution in [0.4, 0.5) is 26.3 Å². The minimum absolute atomic E-state index is 0.00868. The summed E-state index contributed by atoms with van der Waals surface area (Å²) in [5.74, 6) is 0. The van der Waals surface area contributed by atoms with E-state index in [1.165, 1.54) is 6.92 Å². The molecule has 0 saturated carbocycles. The van der Waals surface area contributed by atoms with Gasteiger partial charge in [-0.3, -0.25) is 0 Å². The molecule has 0 aliphatic carbocycles. The minimum Gasteiger partial charge on any atom is -0.247 e. The highest BCUT2D eigenvalue weighted by Crippen LogP contribution is 2.46. The van der Waals surface area contributed by atoms with E-state index < -0.39 is 30.6 Å². The van der Waals surface area contributed by atoms with Gasteiger partial charge in [-0.15, -0.1) is 0 Å². The largest absolute Gasteiger partial charge is 0.428 e. The summed E-state index contributed by atoms with van der Waals surface area (Å²) in [6.45, 7) is -0.570. The first-order valence-corrected chi connectivity index (χ1v) is 4.13. The fraction of sp³-hybridized carbons (Fsp3) is 1.00. The number of alkyl halides is 6. The molecule has 0 aliphatic rings. The van der Waals surface area contributed by atoms with Gasteiger partial charge in [-0.25, -0.2) is 13.2 Å². The third kappa shape index (κ3) is 2.15. The molecule has 0 fully saturated rings. The molecule has 0 aromatic rings. The molecule has 0 N–H and O–H groups in total. The summed E-state index contributed by atoms with van der Waals surface area (Å²) < 4.78 is 74.6. The van der Waals surface area contributed by atoms with Crippen molar-refractivity contribution in [1.82, 2.24) is 0 Å². The molecular formula is C8H12F6. The van der Waals surface area contributed by atoms with E-state index in [4.69, 9.17) is 0 Å². The molecule has 86 valence electrons. The van der Waals surface area contributed by atoms with Crippen molar-refractivity contribution in [2.75, 3.05) is 6.67 Å². The number of rotatable bonds is 4. The van der Waals surface area contributed by atoms with Crippen LogP contribution >= 0.6 is 0 Å². The molecule has 0 rings (SSSR count). The van der Waals surface area contributed by atoms with Crippen molar-refractivity contribution in [1.29, 1.82) is 0 Å². The van der Waals surface area contributed by atoms with Crippen LogP contribution in [0.1, 0.15) is 26.7 Å². The molecule has 0 aromatic carbocycles. The topological polar surface area (TPSA) is 0 Å². The number of hydrogen-bond acceptors (Lipinski definition) is 0. The van der Waals surface area contributed by atoms with Gasteiger partial charge in [-0.2, -0.15) is 13.2 Å². The van der Waals surface area contributed by atoms with Gasteiger partial charge in [0.1, 0.15) is 6.67 Å². The summed E-state index contributed by atoms with van der Waals surface area (Å²) in [6, 6.07) is 0. The Hall–Kier alpha value is -0.420. The molecule has 0 bridgehead atoms. The lowest BCUT2D eigenvalue weighted by Gasteiger charge is -2.35. The second kappa shape index (κ2) is 3.98. The van der Waals surface area contributed by atoms with Crippen LogP contribution in [-0.2, 0) is 0 Å². The minimum atomic E-state index is -5.53. The summed E-state index contributed by atoms with van der Waals surface area (Å²) in [5, 5.41) is 0. The zero-order chi connectivity index (χ0) is 11.6. The zero-order valence-electron chi connectivity index (χ0n) is 7.89. The average molecular weight is 222 g/mol. The predicted octanol–water partition coefficient (Wildman–Crippen LogP) is 3.75. The van der Waals surface area contributed by atoms with Gasteiger partial charge in [-0.1, -0.05) is 13.3 Å². The van der Waals surface area contributed by atoms with Gasteiger partial charge in [0.25, 0.3) is 5.67 Å². The summed E-state index contributed by atoms with van der Waals surface area (Å²) in [7, 11) is 0. The first kappa shape index (κ1) is 13.6. The number of hydrogen-bond donors (Lipinski definition) is 0. The summed E-state index contributed by atoms with van der Waals surface area (Å²) in [4.78, 5) is 0. The lowest BCUT2D eigenvalue weighted by atomic mass is 9.84. The smallest absolute Gasteiger partial charge is 0.247 e. The van der Waals surface area contributed by atoms with Crippen LogP contribution in [0, 0.1) is 0 Å². The molecule has 0 saturated heterocycles. The van der Waals surface area contributed by atoms with E-state index in [0.29, 0.717) is 6.92 Å². The van der Waals surface area contributed by atoms with Crippen LogP contribution in [0.3, 0.4) is 0 Å². The van der Waals surface area contributed by atoms with E-state index in [9.17, 15) is 26.3 Å². The molecule has 14 heavy (non-hydrogen) atoms. The summed E-state index contributed by atoms with van der Waals surface area (Å²) in [6.07, 6.45) is -6.19. The standard InChI is InChI=1S/C8H12F6/c1-3-4-6(2,10)7(11,5-9)8(12,13)14/h3-5H2,1-2H3. The van der Waals surface area contributed by atoms with Crippen molar-refractivity contribution in [3.63, 3.8) is 0 Å². The predicted molar refractivity (Wildman–Crippen MR) is 40.3 cm³/mol. The number of halogens is 6. The molecule has 0 nitrogen and oxygen atoms in total. The highest BCUT2D eigenvalue weighted by molar-refractivity contribution is 5.02. The maximum absolute atomic E-state index is 13.3. The van der Waals surface area contributed by atoms with Gasteiger partial charge in [0.2, 0.25) is 0 Å². The van der Waals surface area contributed by atoms with Crippen molar-refractivity contribution >= 4 is 0 Å². The van der Waals surface area contributed by atoms with Crippen LogP contribution in [0.25, 0.3) is 0 Å². The van der Waals surface area contributed by atoms with E-state index in [1.54, 1.807) is 0 Å². The maximum Gasteiger partial charge on any atom is 0.428 e. The van der Waals surface area contributed by atoms with Crippen molar-refractivity contribution in [2.24, 2.45) is 0 Å². The molecule has 0 heterocycles. The first-order valence-electron chi connectivity index (χ1n) is 4.13. The Labute approximate surface area is 78.3 Å². The second-order valence-corrected chi connectivity index (χ2v) is 3.38. The van der Waals surface area contributed by atoms with Crippen LogP contribution in [0.5, 0.6) is 0 Å². The third-order valence-electron chi connectivity index (χ3n) is 2.18. The highest BCUT2D eigenvalue weighted by Gasteiger charge is 2.67. The third-order valence-corrected chi connectivity index (χ3v) is 2.18. The van der Waals surface area contributed by atoms with Gasteiger partial charge in [0.15, 0.2) is 5.67 Å². The highest BCUT2D eigenvalue weighted by atomic mass is 19.4. The van der Waals surface area contributed by atoms with Gasteiger partial charge >= 0.3 is 6.18 Å². The van der Waals surface area contributed by atoms with Crippen molar-refractivity contribution in [3.05, 3.63) is 0 Å². The average Bonchev–Trinajstić information content (AvgIpc) is 2.00. The monoisotopic (exact) mass is 222 g/mol. The maximum atomic E-state index is 13.3. The molecule has 0 spiro atoms. The molecule has 0 amide bonds. The van der Waals surface area contributed by atoms with Crippen LogP contribution in [0.15, 0.2) is 0 Å². The Morgan fingerprint density at radius 2 is 1.43 bits per heavy atom. The van der Waals surface area contributed by atoms with E-state index in [2.05, 4.69) is 0 Å². The Morgan fingerprint density at radius 3 is 1.64 bits per heavy atom. The van der Waals surface area contributed by atoms with E-state index in [-0.39, 0.29) is 6.42 Å². The SMILES string of the molecule is CCCC(C)(F)C(F)(CF)C(F)(F)F. The lowest BCUT2D eigenvalue weighted by molar-refractivity contribution is -0.275. The van der Waals surface area contributed by atoms with Crippen LogP contribution in [-0.4, -0.2) is 24.2 Å². The fourth-order valence-electron chi connectivity index (χ4n) is 1.18. The summed E-state index contributed by atoms with van der Waals surface area (Å²) in [5.41, 5.74) is -7.63. The first-order chi connectivity index (χ1) is 6.12.